The van der Waals surface area contributed by atoms with E-state index in [-0.39, 0.29) is 0 Å². The van der Waals surface area contributed by atoms with Crippen LogP contribution in [0.5, 0.6) is 0 Å². The molecule has 81 heavy (non-hydrogen) atoms. The third-order valence-corrected chi connectivity index (χ3v) is 16.8. The van der Waals surface area contributed by atoms with Crippen LogP contribution in [0.3, 0.4) is 0 Å². The van der Waals surface area contributed by atoms with E-state index >= 15 is 0 Å². The number of aromatic nitrogens is 5. The number of hydrogen-bond donors (Lipinski definition) is 0. The van der Waals surface area contributed by atoms with Crippen LogP contribution < -0.4 is 0 Å². The van der Waals surface area contributed by atoms with E-state index in [1.54, 1.807) is 0 Å². The van der Waals surface area contributed by atoms with Gasteiger partial charge in [0.05, 0.1) is 27.8 Å². The van der Waals surface area contributed by atoms with E-state index in [0.29, 0.717) is 17.5 Å². The second-order valence-corrected chi connectivity index (χ2v) is 21.3. The Kier molecular flexibility index (Phi) is 11.8. The first-order valence-electron chi connectivity index (χ1n) is 27.3. The molecule has 11 aromatic carbocycles. The standard InChI is InChI=1S/C75H49N5S/c1-2-50(32-22-25-49-23-8-3-9-24-49)62-47-56(75-77-73(54-28-12-5-13-29-54)76-74(78-75)55-30-14-6-15-31-55)48-63(53-41-39-52(40-42-53)51-26-10-4-11-27-51)70(62)80-65-38-21-19-36-61(65)69-67(80)46-44-59-58-43-45-66-68(71(58)81-72(59)69)60-35-18-20-37-64(60)79(66)57-33-16-7-17-34-57/h2-48H,1H2/b25-22+,50-32+. The lowest BCUT2D eigenvalue weighted by Crippen LogP contribution is -2.05. The summed E-state index contributed by atoms with van der Waals surface area (Å²) < 4.78 is 7.45. The molecule has 0 aliphatic heterocycles. The van der Waals surface area contributed by atoms with Gasteiger partial charge in [-0.05, 0) is 76.4 Å². The van der Waals surface area contributed by atoms with Crippen molar-refractivity contribution in [2.45, 2.75) is 0 Å². The number of fused-ring (bicyclic) bond motifs is 11. The SMILES string of the molecule is C=C/C(=C\C=C\c1ccccc1)c1cc(-c2nc(-c3ccccc3)nc(-c3ccccc3)n2)cc(-c2ccc(-c3ccccc3)cc2)c1-n1c2ccccc2c2c3sc4c(ccc5c4c4ccccc4n5-c4ccccc4)c3ccc21. The minimum absolute atomic E-state index is 0.565. The van der Waals surface area contributed by atoms with Crippen molar-refractivity contribution in [1.29, 1.82) is 0 Å². The summed E-state index contributed by atoms with van der Waals surface area (Å²) in [7, 11) is 0. The maximum absolute atomic E-state index is 5.33. The third kappa shape index (κ3) is 8.28. The molecule has 0 amide bonds. The summed E-state index contributed by atoms with van der Waals surface area (Å²) in [6, 6.07) is 92.7. The Bertz CT molecular complexity index is 4900. The molecule has 5 nitrogen and oxygen atoms in total. The van der Waals surface area contributed by atoms with E-state index in [2.05, 4.69) is 252 Å². The van der Waals surface area contributed by atoms with Gasteiger partial charge in [0, 0.05) is 75.2 Å². The van der Waals surface area contributed by atoms with Crippen LogP contribution >= 0.6 is 11.3 Å². The highest BCUT2D eigenvalue weighted by atomic mass is 32.1. The molecule has 6 heteroatoms. The highest BCUT2D eigenvalue weighted by molar-refractivity contribution is 7.27. The third-order valence-electron chi connectivity index (χ3n) is 15.6. The molecule has 380 valence electrons. The van der Waals surface area contributed by atoms with Crippen molar-refractivity contribution in [3.63, 3.8) is 0 Å². The Labute approximate surface area is 472 Å². The van der Waals surface area contributed by atoms with Crippen LogP contribution in [0.15, 0.2) is 286 Å². The lowest BCUT2D eigenvalue weighted by Gasteiger charge is -2.21. The van der Waals surface area contributed by atoms with Crippen molar-refractivity contribution >= 4 is 86.8 Å². The topological polar surface area (TPSA) is 48.5 Å². The largest absolute Gasteiger partial charge is 0.309 e. The number of thiophene rings is 1. The molecule has 0 fully saturated rings. The monoisotopic (exact) mass is 1050 g/mol. The van der Waals surface area contributed by atoms with Crippen molar-refractivity contribution in [2.24, 2.45) is 0 Å². The van der Waals surface area contributed by atoms with Gasteiger partial charge in [0.15, 0.2) is 17.5 Å². The Hall–Kier alpha value is -10.5. The van der Waals surface area contributed by atoms with Gasteiger partial charge in [-0.2, -0.15) is 0 Å². The number of rotatable bonds is 11. The molecule has 0 bridgehead atoms. The molecule has 0 atom stereocenters. The normalized spacial score (nSPS) is 12.0. The molecule has 4 aromatic heterocycles. The van der Waals surface area contributed by atoms with Gasteiger partial charge in [-0.1, -0.05) is 243 Å². The average Bonchev–Trinajstić information content (AvgIpc) is 2.92. The zero-order valence-electron chi connectivity index (χ0n) is 44.0. The van der Waals surface area contributed by atoms with E-state index in [1.807, 2.05) is 59.9 Å². The molecule has 0 saturated carbocycles. The zero-order chi connectivity index (χ0) is 53.8. The Balaban J connectivity index is 1.04. The van der Waals surface area contributed by atoms with E-state index in [0.717, 1.165) is 78.1 Å². The molecular weight excluding hydrogens is 1000 g/mol. The van der Waals surface area contributed by atoms with Gasteiger partial charge in [-0.15, -0.1) is 11.3 Å². The Morgan fingerprint density at radius 2 is 0.840 bits per heavy atom. The first-order valence-corrected chi connectivity index (χ1v) is 28.1. The molecule has 0 N–H and O–H groups in total. The van der Waals surface area contributed by atoms with E-state index in [9.17, 15) is 0 Å². The van der Waals surface area contributed by atoms with Crippen molar-refractivity contribution < 1.29 is 0 Å². The molecule has 0 aliphatic carbocycles. The van der Waals surface area contributed by atoms with Gasteiger partial charge < -0.3 is 9.13 Å². The summed E-state index contributed by atoms with van der Waals surface area (Å²) in [5, 5.41) is 7.42. The van der Waals surface area contributed by atoms with Gasteiger partial charge >= 0.3 is 0 Å². The second-order valence-electron chi connectivity index (χ2n) is 20.3. The number of benzene rings is 11. The fourth-order valence-corrected chi connectivity index (χ4v) is 13.3. The summed E-state index contributed by atoms with van der Waals surface area (Å²) in [6.45, 7) is 4.55. The molecule has 15 rings (SSSR count). The van der Waals surface area contributed by atoms with Gasteiger partial charge in [0.25, 0.3) is 0 Å². The fourth-order valence-electron chi connectivity index (χ4n) is 11.8. The predicted octanol–water partition coefficient (Wildman–Crippen LogP) is 20.1. The maximum atomic E-state index is 5.33. The molecule has 0 spiro atoms. The van der Waals surface area contributed by atoms with Crippen LogP contribution in [-0.2, 0) is 0 Å². The molecule has 0 saturated heterocycles. The van der Waals surface area contributed by atoms with Crippen molar-refractivity contribution in [3.8, 4) is 67.8 Å². The second kappa shape index (κ2) is 20.0. The Morgan fingerprint density at radius 3 is 1.41 bits per heavy atom. The summed E-state index contributed by atoms with van der Waals surface area (Å²) in [5.74, 6) is 1.76. The van der Waals surface area contributed by atoms with Crippen LogP contribution in [0.4, 0.5) is 0 Å². The first kappa shape index (κ1) is 47.7. The van der Waals surface area contributed by atoms with E-state index < -0.39 is 0 Å². The van der Waals surface area contributed by atoms with Crippen molar-refractivity contribution in [2.75, 3.05) is 0 Å². The quantitative estimate of drug-likeness (QED) is 0.121. The lowest BCUT2D eigenvalue weighted by atomic mass is 9.91. The molecule has 4 heterocycles. The number of para-hydroxylation sites is 3. The minimum Gasteiger partial charge on any atom is -0.309 e. The summed E-state index contributed by atoms with van der Waals surface area (Å²) in [5.41, 5.74) is 16.8. The van der Waals surface area contributed by atoms with Crippen molar-refractivity contribution in [3.05, 3.63) is 297 Å². The fraction of sp³-hybridized carbons (Fsp3) is 0. The van der Waals surface area contributed by atoms with Gasteiger partial charge in [-0.25, -0.2) is 15.0 Å². The summed E-state index contributed by atoms with van der Waals surface area (Å²) in [6.07, 6.45) is 8.43. The molecule has 0 unspecified atom stereocenters. The van der Waals surface area contributed by atoms with E-state index in [1.165, 1.54) is 52.8 Å². The van der Waals surface area contributed by atoms with Crippen LogP contribution in [0.1, 0.15) is 11.1 Å². The molecule has 15 aromatic rings. The van der Waals surface area contributed by atoms with Crippen LogP contribution in [-0.4, -0.2) is 24.1 Å². The number of hydrogen-bond acceptors (Lipinski definition) is 4. The van der Waals surface area contributed by atoms with Gasteiger partial charge in [0.1, 0.15) is 0 Å². The smallest absolute Gasteiger partial charge is 0.164 e. The lowest BCUT2D eigenvalue weighted by molar-refractivity contribution is 1.07. The van der Waals surface area contributed by atoms with Crippen LogP contribution in [0.2, 0.25) is 0 Å². The zero-order valence-corrected chi connectivity index (χ0v) is 44.8. The number of nitrogens with zero attached hydrogens (tertiary/aromatic N) is 5. The summed E-state index contributed by atoms with van der Waals surface area (Å²) >= 11 is 1.90. The van der Waals surface area contributed by atoms with Crippen LogP contribution in [0.25, 0.3) is 143 Å². The van der Waals surface area contributed by atoms with Crippen molar-refractivity contribution in [1.82, 2.24) is 24.1 Å². The van der Waals surface area contributed by atoms with Gasteiger partial charge in [-0.3, -0.25) is 0 Å². The van der Waals surface area contributed by atoms with Gasteiger partial charge in [0.2, 0.25) is 0 Å². The minimum atomic E-state index is 0.565. The first-order chi connectivity index (χ1) is 40.1. The molecular formula is C75H49N5S. The predicted molar refractivity (Wildman–Crippen MR) is 342 cm³/mol. The molecule has 0 aliphatic rings. The Morgan fingerprint density at radius 1 is 0.383 bits per heavy atom. The van der Waals surface area contributed by atoms with E-state index in [4.69, 9.17) is 15.0 Å². The number of allylic oxidation sites excluding steroid dienone is 4. The summed E-state index contributed by atoms with van der Waals surface area (Å²) in [4.78, 5) is 15.8. The highest BCUT2D eigenvalue weighted by Gasteiger charge is 2.26. The molecule has 0 radical (unpaired) electrons. The van der Waals surface area contributed by atoms with Crippen LogP contribution in [0, 0.1) is 0 Å². The highest BCUT2D eigenvalue weighted by Crippen LogP contribution is 2.49. The maximum Gasteiger partial charge on any atom is 0.164 e. The average molecular weight is 1050 g/mol.